The Morgan fingerprint density at radius 3 is 2.81 bits per heavy atom. The Morgan fingerprint density at radius 2 is 2.05 bits per heavy atom. The zero-order valence-corrected chi connectivity index (χ0v) is 13.0. The average Bonchev–Trinajstić information content (AvgIpc) is 2.76. The van der Waals surface area contributed by atoms with Gasteiger partial charge in [-0.1, -0.05) is 0 Å². The number of anilines is 1. The lowest BCUT2D eigenvalue weighted by Gasteiger charge is -2.09. The summed E-state index contributed by atoms with van der Waals surface area (Å²) < 4.78 is 0. The highest BCUT2D eigenvalue weighted by molar-refractivity contribution is 7.17. The molecule has 0 amide bonds. The number of H-pyrrole nitrogens is 1. The van der Waals surface area contributed by atoms with E-state index in [1.165, 1.54) is 5.56 Å². The average molecular weight is 300 g/mol. The van der Waals surface area contributed by atoms with Crippen LogP contribution in [0.5, 0.6) is 0 Å². The number of pyridine rings is 1. The van der Waals surface area contributed by atoms with E-state index >= 15 is 0 Å². The van der Waals surface area contributed by atoms with Gasteiger partial charge in [0.15, 0.2) is 0 Å². The molecule has 0 saturated carbocycles. The first-order valence-corrected chi connectivity index (χ1v) is 7.57. The second-order valence-corrected chi connectivity index (χ2v) is 5.97. The van der Waals surface area contributed by atoms with E-state index < -0.39 is 0 Å². The molecule has 3 aromatic rings. The van der Waals surface area contributed by atoms with Gasteiger partial charge < -0.3 is 10.3 Å². The van der Waals surface area contributed by atoms with Crippen LogP contribution in [-0.2, 0) is 6.54 Å². The molecule has 3 heterocycles. The smallest absolute Gasteiger partial charge is 0.248 e. The Balaban J connectivity index is 1.94. The number of hydrogen-bond donors (Lipinski definition) is 2. The van der Waals surface area contributed by atoms with E-state index in [1.807, 2.05) is 19.9 Å². The zero-order valence-electron chi connectivity index (χ0n) is 12.2. The lowest BCUT2D eigenvalue weighted by atomic mass is 10.2. The summed E-state index contributed by atoms with van der Waals surface area (Å²) in [5.41, 5.74) is 2.88. The van der Waals surface area contributed by atoms with Gasteiger partial charge in [0.05, 0.1) is 5.39 Å². The number of nitrogens with one attached hydrogen (secondary N) is 2. The summed E-state index contributed by atoms with van der Waals surface area (Å²) in [5, 5.41) is 6.48. The highest BCUT2D eigenvalue weighted by Gasteiger charge is 2.10. The van der Waals surface area contributed by atoms with Crippen LogP contribution in [0.2, 0.25) is 0 Å². The Morgan fingerprint density at radius 1 is 1.24 bits per heavy atom. The van der Waals surface area contributed by atoms with Crippen molar-refractivity contribution in [2.24, 2.45) is 0 Å². The number of nitrogens with zero attached hydrogens (tertiary/aromatic N) is 2. The van der Waals surface area contributed by atoms with Crippen molar-refractivity contribution in [3.63, 3.8) is 0 Å². The summed E-state index contributed by atoms with van der Waals surface area (Å²) in [7, 11) is 0. The Bertz CT molecular complexity index is 866. The van der Waals surface area contributed by atoms with Crippen LogP contribution in [0.1, 0.15) is 22.6 Å². The van der Waals surface area contributed by atoms with Crippen LogP contribution in [0.15, 0.2) is 22.3 Å². The maximum Gasteiger partial charge on any atom is 0.248 e. The second-order valence-electron chi connectivity index (χ2n) is 5.11. The molecule has 0 aliphatic rings. The maximum absolute atomic E-state index is 11.5. The van der Waals surface area contributed by atoms with Crippen LogP contribution in [0.4, 0.5) is 5.82 Å². The third kappa shape index (κ3) is 2.80. The molecule has 0 saturated heterocycles. The molecule has 21 heavy (non-hydrogen) atoms. The number of thiophene rings is 1. The van der Waals surface area contributed by atoms with Crippen molar-refractivity contribution in [2.45, 2.75) is 27.3 Å². The maximum atomic E-state index is 11.5. The van der Waals surface area contributed by atoms with E-state index in [0.29, 0.717) is 6.54 Å². The normalized spacial score (nSPS) is 11.0. The minimum Gasteiger partial charge on any atom is -0.365 e. The van der Waals surface area contributed by atoms with Crippen LogP contribution < -0.4 is 10.9 Å². The summed E-state index contributed by atoms with van der Waals surface area (Å²) in [6.45, 7) is 6.38. The van der Waals surface area contributed by atoms with Gasteiger partial charge in [0.2, 0.25) is 5.56 Å². The minimum absolute atomic E-state index is 0.0810. The van der Waals surface area contributed by atoms with Crippen molar-refractivity contribution in [1.29, 1.82) is 0 Å². The molecule has 0 fully saturated rings. The van der Waals surface area contributed by atoms with E-state index in [1.54, 1.807) is 17.4 Å². The van der Waals surface area contributed by atoms with Gasteiger partial charge in [-0.2, -0.15) is 0 Å². The molecule has 2 N–H and O–H groups in total. The van der Waals surface area contributed by atoms with E-state index in [2.05, 4.69) is 32.6 Å². The Kier molecular flexibility index (Phi) is 3.47. The molecule has 0 radical (unpaired) electrons. The molecule has 0 aromatic carbocycles. The first kappa shape index (κ1) is 13.8. The molecule has 3 aromatic heterocycles. The van der Waals surface area contributed by atoms with Crippen LogP contribution in [0, 0.1) is 20.8 Å². The first-order chi connectivity index (χ1) is 10.0. The lowest BCUT2D eigenvalue weighted by Crippen LogP contribution is -2.10. The number of aryl methyl sites for hydroxylation is 3. The number of aromatic amines is 1. The van der Waals surface area contributed by atoms with E-state index in [4.69, 9.17) is 0 Å². The van der Waals surface area contributed by atoms with Crippen LogP contribution in [-0.4, -0.2) is 15.0 Å². The number of aromatic nitrogens is 3. The molecule has 6 heteroatoms. The lowest BCUT2D eigenvalue weighted by molar-refractivity contribution is 1.03. The molecular weight excluding hydrogens is 284 g/mol. The molecule has 5 nitrogen and oxygen atoms in total. The van der Waals surface area contributed by atoms with Crippen molar-refractivity contribution >= 4 is 27.4 Å². The molecule has 3 rings (SSSR count). The van der Waals surface area contributed by atoms with Crippen molar-refractivity contribution in [3.8, 4) is 0 Å². The standard InChI is InChI=1S/C15H16N4OS/c1-8-7-21-15-13(8)14(18-10(3)19-15)16-6-11-4-9(2)17-12(20)5-11/h4-5,7H,6H2,1-3H3,(H,17,20)(H,16,18,19). The Hall–Kier alpha value is -2.21. The fraction of sp³-hybridized carbons (Fsp3) is 0.267. The van der Waals surface area contributed by atoms with Gasteiger partial charge in [-0.05, 0) is 43.3 Å². The Labute approximate surface area is 126 Å². The molecule has 0 spiro atoms. The van der Waals surface area contributed by atoms with E-state index in [0.717, 1.165) is 33.1 Å². The quantitative estimate of drug-likeness (QED) is 0.780. The van der Waals surface area contributed by atoms with Crippen LogP contribution >= 0.6 is 11.3 Å². The topological polar surface area (TPSA) is 70.7 Å². The van der Waals surface area contributed by atoms with E-state index in [9.17, 15) is 4.79 Å². The van der Waals surface area contributed by atoms with Gasteiger partial charge in [0.25, 0.3) is 0 Å². The molecule has 0 bridgehead atoms. The fourth-order valence-corrected chi connectivity index (χ4v) is 3.33. The van der Waals surface area contributed by atoms with Gasteiger partial charge in [0.1, 0.15) is 16.5 Å². The molecule has 0 unspecified atom stereocenters. The van der Waals surface area contributed by atoms with E-state index in [-0.39, 0.29) is 5.56 Å². The molecular formula is C15H16N4OS. The highest BCUT2D eigenvalue weighted by atomic mass is 32.1. The van der Waals surface area contributed by atoms with Gasteiger partial charge in [-0.15, -0.1) is 11.3 Å². The number of fused-ring (bicyclic) bond motifs is 1. The predicted molar refractivity (Wildman–Crippen MR) is 86.0 cm³/mol. The van der Waals surface area contributed by atoms with Crippen molar-refractivity contribution in [1.82, 2.24) is 15.0 Å². The third-order valence-electron chi connectivity index (χ3n) is 3.23. The third-order valence-corrected chi connectivity index (χ3v) is 4.22. The van der Waals surface area contributed by atoms with Crippen molar-refractivity contribution in [2.75, 3.05) is 5.32 Å². The monoisotopic (exact) mass is 300 g/mol. The van der Waals surface area contributed by atoms with Gasteiger partial charge in [-0.25, -0.2) is 9.97 Å². The summed E-state index contributed by atoms with van der Waals surface area (Å²) in [6.07, 6.45) is 0. The van der Waals surface area contributed by atoms with Gasteiger partial charge >= 0.3 is 0 Å². The summed E-state index contributed by atoms with van der Waals surface area (Å²) in [4.78, 5) is 24.2. The molecule has 0 atom stereocenters. The summed E-state index contributed by atoms with van der Waals surface area (Å²) >= 11 is 1.62. The largest absolute Gasteiger partial charge is 0.365 e. The van der Waals surface area contributed by atoms with Crippen molar-refractivity contribution in [3.05, 3.63) is 50.5 Å². The molecule has 0 aliphatic heterocycles. The molecule has 0 aliphatic carbocycles. The minimum atomic E-state index is -0.0810. The SMILES string of the molecule is Cc1nc(NCc2cc(C)[nH]c(=O)c2)c2c(C)csc2n1. The highest BCUT2D eigenvalue weighted by Crippen LogP contribution is 2.29. The predicted octanol–water partition coefficient (Wildman–Crippen LogP) is 2.92. The van der Waals surface area contributed by atoms with Crippen molar-refractivity contribution < 1.29 is 0 Å². The molecule has 108 valence electrons. The second kappa shape index (κ2) is 5.29. The first-order valence-electron chi connectivity index (χ1n) is 6.69. The van der Waals surface area contributed by atoms with Gasteiger partial charge in [0, 0.05) is 18.3 Å². The van der Waals surface area contributed by atoms with Crippen LogP contribution in [0.25, 0.3) is 10.2 Å². The van der Waals surface area contributed by atoms with Gasteiger partial charge in [-0.3, -0.25) is 4.79 Å². The summed E-state index contributed by atoms with van der Waals surface area (Å²) in [5.74, 6) is 1.57. The fourth-order valence-electron chi connectivity index (χ4n) is 2.36. The zero-order chi connectivity index (χ0) is 15.0. The van der Waals surface area contributed by atoms with Crippen LogP contribution in [0.3, 0.4) is 0 Å². The number of hydrogen-bond acceptors (Lipinski definition) is 5. The number of rotatable bonds is 3. The summed E-state index contributed by atoms with van der Waals surface area (Å²) in [6, 6.07) is 3.56.